The molecule has 5 nitrogen and oxygen atoms in total. The number of nitrogens with two attached hydrogens (primary N) is 2. The van der Waals surface area contributed by atoms with Gasteiger partial charge in [0.2, 0.25) is 0 Å². The van der Waals surface area contributed by atoms with Gasteiger partial charge in [0.15, 0.2) is 0 Å². The molecule has 0 aromatic rings. The smallest absolute Gasteiger partial charge is 0.304 e. The number of aliphatic carboxylic acids is 1. The number of carbonyl (C=O) groups is 2. The summed E-state index contributed by atoms with van der Waals surface area (Å²) in [6.45, 7) is 11.0. The summed E-state index contributed by atoms with van der Waals surface area (Å²) in [4.78, 5) is 21.3. The van der Waals surface area contributed by atoms with Gasteiger partial charge in [0, 0.05) is 12.5 Å². The molecule has 0 aromatic heterocycles. The predicted molar refractivity (Wildman–Crippen MR) is 98.6 cm³/mol. The highest BCUT2D eigenvalue weighted by Crippen LogP contribution is 2.46. The molecule has 0 unspecified atom stereocenters. The average Bonchev–Trinajstić information content (AvgIpc) is 2.72. The van der Waals surface area contributed by atoms with Gasteiger partial charge in [0.1, 0.15) is 5.78 Å². The minimum Gasteiger partial charge on any atom is -0.481 e. The highest BCUT2D eigenvalue weighted by atomic mass is 16.4. The first-order valence-corrected chi connectivity index (χ1v) is 9.22. The molecule has 1 saturated carbocycles. The second-order valence-corrected chi connectivity index (χ2v) is 8.05. The highest BCUT2D eigenvalue weighted by molar-refractivity contribution is 5.76. The van der Waals surface area contributed by atoms with Crippen molar-refractivity contribution in [2.24, 2.45) is 34.6 Å². The fourth-order valence-corrected chi connectivity index (χ4v) is 3.75. The third-order valence-corrected chi connectivity index (χ3v) is 5.38. The number of carboxylic acid groups (broad SMARTS) is 1. The van der Waals surface area contributed by atoms with Gasteiger partial charge in [-0.2, -0.15) is 0 Å². The van der Waals surface area contributed by atoms with Crippen molar-refractivity contribution in [3.05, 3.63) is 0 Å². The Morgan fingerprint density at radius 1 is 1.25 bits per heavy atom. The molecular formula is C19H38N2O3. The lowest BCUT2D eigenvalue weighted by atomic mass is 9.80. The Morgan fingerprint density at radius 3 is 2.08 bits per heavy atom. The van der Waals surface area contributed by atoms with E-state index in [4.69, 9.17) is 16.6 Å². The molecule has 1 aliphatic rings. The zero-order valence-corrected chi connectivity index (χ0v) is 16.2. The van der Waals surface area contributed by atoms with Crippen molar-refractivity contribution >= 4 is 11.8 Å². The fraction of sp³-hybridized carbons (Fsp3) is 0.895. The Bertz CT molecular complexity index is 388. The SMILES string of the molecule is CC(=O)CC1(CN)C[C@H](C)[C@@H](C)C1.CC[C@@H](C)C[C@H](N)CC(=O)O. The monoisotopic (exact) mass is 342 g/mol. The van der Waals surface area contributed by atoms with Gasteiger partial charge in [-0.15, -0.1) is 0 Å². The Morgan fingerprint density at radius 2 is 1.75 bits per heavy atom. The first kappa shape index (κ1) is 23.1. The van der Waals surface area contributed by atoms with Crippen molar-refractivity contribution in [1.82, 2.24) is 0 Å². The van der Waals surface area contributed by atoms with Crippen LogP contribution in [0.2, 0.25) is 0 Å². The maximum atomic E-state index is 11.1. The molecule has 0 amide bonds. The molecule has 0 spiro atoms. The van der Waals surface area contributed by atoms with Gasteiger partial charge in [-0.05, 0) is 55.9 Å². The van der Waals surface area contributed by atoms with Crippen LogP contribution in [-0.4, -0.2) is 29.4 Å². The Hall–Kier alpha value is -0.940. The summed E-state index contributed by atoms with van der Waals surface area (Å²) >= 11 is 0. The predicted octanol–water partition coefficient (Wildman–Crippen LogP) is 3.20. The van der Waals surface area contributed by atoms with E-state index in [0.29, 0.717) is 18.9 Å². The summed E-state index contributed by atoms with van der Waals surface area (Å²) in [5, 5.41) is 8.39. The Labute approximate surface area is 147 Å². The summed E-state index contributed by atoms with van der Waals surface area (Å²) in [5.74, 6) is 1.46. The molecule has 0 saturated heterocycles. The molecule has 24 heavy (non-hydrogen) atoms. The van der Waals surface area contributed by atoms with E-state index in [-0.39, 0.29) is 23.7 Å². The van der Waals surface area contributed by atoms with Crippen LogP contribution >= 0.6 is 0 Å². The summed E-state index contributed by atoms with van der Waals surface area (Å²) < 4.78 is 0. The van der Waals surface area contributed by atoms with Crippen molar-refractivity contribution < 1.29 is 14.7 Å². The van der Waals surface area contributed by atoms with Gasteiger partial charge in [0.05, 0.1) is 6.42 Å². The molecule has 0 radical (unpaired) electrons. The molecule has 5 heteroatoms. The van der Waals surface area contributed by atoms with E-state index < -0.39 is 5.97 Å². The van der Waals surface area contributed by atoms with Crippen molar-refractivity contribution in [3.63, 3.8) is 0 Å². The molecule has 0 aliphatic heterocycles. The normalized spacial score (nSPS) is 24.6. The molecule has 0 aromatic carbocycles. The van der Waals surface area contributed by atoms with Crippen molar-refractivity contribution in [2.45, 2.75) is 79.2 Å². The fourth-order valence-electron chi connectivity index (χ4n) is 3.75. The molecule has 4 atom stereocenters. The minimum absolute atomic E-state index is 0.0876. The molecule has 142 valence electrons. The van der Waals surface area contributed by atoms with Crippen LogP contribution in [0.1, 0.15) is 73.1 Å². The van der Waals surface area contributed by atoms with Crippen molar-refractivity contribution in [2.75, 3.05) is 6.54 Å². The minimum atomic E-state index is -0.805. The van der Waals surface area contributed by atoms with Crippen LogP contribution in [0.25, 0.3) is 0 Å². The summed E-state index contributed by atoms with van der Waals surface area (Å²) in [6, 6.07) is -0.178. The second-order valence-electron chi connectivity index (χ2n) is 8.05. The molecule has 0 bridgehead atoms. The van der Waals surface area contributed by atoms with E-state index >= 15 is 0 Å². The topological polar surface area (TPSA) is 106 Å². The number of hydrogen-bond donors (Lipinski definition) is 3. The van der Waals surface area contributed by atoms with Gasteiger partial charge in [0.25, 0.3) is 0 Å². The molecule has 1 fully saturated rings. The van der Waals surface area contributed by atoms with E-state index in [0.717, 1.165) is 37.5 Å². The van der Waals surface area contributed by atoms with Crippen LogP contribution in [0, 0.1) is 23.2 Å². The first-order valence-electron chi connectivity index (χ1n) is 9.22. The van der Waals surface area contributed by atoms with E-state index in [9.17, 15) is 9.59 Å². The standard InChI is InChI=1S/C11H21NO.C8H17NO2/c1-8-4-11(7-12,5-9(8)2)6-10(3)13;1-3-6(2)4-7(9)5-8(10)11/h8-9H,4-7,12H2,1-3H3;6-7H,3-5,9H2,1-2H3,(H,10,11)/t8-,9-;6-,7+/m01/s1. The second kappa shape index (κ2) is 10.8. The lowest BCUT2D eigenvalue weighted by Gasteiger charge is -2.26. The zero-order valence-electron chi connectivity index (χ0n) is 16.2. The van der Waals surface area contributed by atoms with Crippen molar-refractivity contribution in [1.29, 1.82) is 0 Å². The number of rotatable bonds is 8. The number of hydrogen-bond acceptors (Lipinski definition) is 4. The van der Waals surface area contributed by atoms with Crippen LogP contribution in [0.3, 0.4) is 0 Å². The van der Waals surface area contributed by atoms with E-state index in [1.54, 1.807) is 6.92 Å². The number of ketones is 1. The maximum Gasteiger partial charge on any atom is 0.304 e. The van der Waals surface area contributed by atoms with Gasteiger partial charge >= 0.3 is 5.97 Å². The van der Waals surface area contributed by atoms with Gasteiger partial charge in [-0.25, -0.2) is 0 Å². The average molecular weight is 343 g/mol. The third kappa shape index (κ3) is 8.78. The third-order valence-electron chi connectivity index (χ3n) is 5.38. The Kier molecular flexibility index (Phi) is 10.4. The summed E-state index contributed by atoms with van der Waals surface area (Å²) in [6.07, 6.45) is 4.90. The van der Waals surface area contributed by atoms with Crippen LogP contribution in [0.15, 0.2) is 0 Å². The molecule has 0 heterocycles. The largest absolute Gasteiger partial charge is 0.481 e. The van der Waals surface area contributed by atoms with E-state index in [2.05, 4.69) is 27.7 Å². The van der Waals surface area contributed by atoms with Gasteiger partial charge in [-0.3, -0.25) is 4.79 Å². The zero-order chi connectivity index (χ0) is 18.9. The van der Waals surface area contributed by atoms with Crippen LogP contribution in [-0.2, 0) is 9.59 Å². The summed E-state index contributed by atoms with van der Waals surface area (Å²) in [7, 11) is 0. The van der Waals surface area contributed by atoms with Crippen LogP contribution in [0.5, 0.6) is 0 Å². The lowest BCUT2D eigenvalue weighted by Crippen LogP contribution is -2.30. The maximum absolute atomic E-state index is 11.1. The van der Waals surface area contributed by atoms with Gasteiger partial charge in [-0.1, -0.05) is 34.1 Å². The van der Waals surface area contributed by atoms with E-state index in [1.807, 2.05) is 0 Å². The Balaban J connectivity index is 0.000000449. The lowest BCUT2D eigenvalue weighted by molar-refractivity contribution is -0.137. The molecule has 1 rings (SSSR count). The highest BCUT2D eigenvalue weighted by Gasteiger charge is 2.41. The van der Waals surface area contributed by atoms with Crippen LogP contribution < -0.4 is 11.5 Å². The van der Waals surface area contributed by atoms with Gasteiger partial charge < -0.3 is 21.4 Å². The molecular weight excluding hydrogens is 304 g/mol. The molecule has 5 N–H and O–H groups in total. The first-order chi connectivity index (χ1) is 11.0. The molecule has 1 aliphatic carbocycles. The number of Topliss-reactive ketones (excluding diaryl/α,β-unsaturated/α-hetero) is 1. The van der Waals surface area contributed by atoms with Crippen molar-refractivity contribution in [3.8, 4) is 0 Å². The van der Waals surface area contributed by atoms with Crippen LogP contribution in [0.4, 0.5) is 0 Å². The van der Waals surface area contributed by atoms with E-state index in [1.165, 1.54) is 0 Å². The quantitative estimate of drug-likeness (QED) is 0.628. The number of carbonyl (C=O) groups excluding carboxylic acids is 1. The summed E-state index contributed by atoms with van der Waals surface area (Å²) in [5.41, 5.74) is 11.5. The number of carboxylic acids is 1.